The summed E-state index contributed by atoms with van der Waals surface area (Å²) in [6.45, 7) is 1.90. The second-order valence-corrected chi connectivity index (χ2v) is 4.08. The summed E-state index contributed by atoms with van der Waals surface area (Å²) in [4.78, 5) is 4.10. The van der Waals surface area contributed by atoms with E-state index in [4.69, 9.17) is 10.5 Å². The molecule has 1 unspecified atom stereocenters. The highest BCUT2D eigenvalue weighted by Gasteiger charge is 2.16. The topological polar surface area (TPSA) is 48.1 Å². The van der Waals surface area contributed by atoms with Gasteiger partial charge in [0.05, 0.1) is 13.2 Å². The summed E-state index contributed by atoms with van der Waals surface area (Å²) in [5.74, 6) is 0.169. The van der Waals surface area contributed by atoms with Gasteiger partial charge in [-0.15, -0.1) is 0 Å². The first kappa shape index (κ1) is 12.5. The van der Waals surface area contributed by atoms with Crippen LogP contribution in [0.5, 0.6) is 5.88 Å². The molecule has 94 valence electrons. The Morgan fingerprint density at radius 1 is 1.28 bits per heavy atom. The number of methoxy groups -OCH3 is 1. The molecule has 4 heteroatoms. The molecule has 18 heavy (non-hydrogen) atoms. The van der Waals surface area contributed by atoms with Crippen molar-refractivity contribution in [1.82, 2.24) is 4.98 Å². The Morgan fingerprint density at radius 2 is 2.06 bits per heavy atom. The Kier molecular flexibility index (Phi) is 3.58. The largest absolute Gasteiger partial charge is 0.481 e. The van der Waals surface area contributed by atoms with E-state index in [-0.39, 0.29) is 5.82 Å². The lowest BCUT2D eigenvalue weighted by Gasteiger charge is -2.17. The van der Waals surface area contributed by atoms with Gasteiger partial charge in [-0.05, 0) is 36.2 Å². The van der Waals surface area contributed by atoms with E-state index in [2.05, 4.69) is 4.98 Å². The number of aryl methyl sites for hydroxylation is 1. The highest BCUT2D eigenvalue weighted by molar-refractivity contribution is 5.40. The summed E-state index contributed by atoms with van der Waals surface area (Å²) >= 11 is 0. The smallest absolute Gasteiger partial charge is 0.218 e. The average Bonchev–Trinajstić information content (AvgIpc) is 2.40. The van der Waals surface area contributed by atoms with Crippen LogP contribution in [0.25, 0.3) is 0 Å². The lowest BCUT2D eigenvalue weighted by molar-refractivity contribution is 0.390. The number of rotatable bonds is 3. The highest BCUT2D eigenvalue weighted by Crippen LogP contribution is 2.28. The minimum atomic E-state index is -0.454. The number of hydrogen-bond acceptors (Lipinski definition) is 3. The number of halogens is 1. The summed E-state index contributed by atoms with van der Waals surface area (Å²) in [6, 6.07) is 7.75. The molecule has 2 aromatic rings. The van der Waals surface area contributed by atoms with Gasteiger partial charge in [0.15, 0.2) is 0 Å². The fraction of sp³-hybridized carbons (Fsp3) is 0.214. The van der Waals surface area contributed by atoms with E-state index < -0.39 is 6.04 Å². The van der Waals surface area contributed by atoms with Gasteiger partial charge in [0.2, 0.25) is 5.88 Å². The SMILES string of the molecule is COc1ncccc1C(N)c1cc(F)ccc1C. The Bertz CT molecular complexity index is 557. The molecule has 0 amide bonds. The monoisotopic (exact) mass is 246 g/mol. The van der Waals surface area contributed by atoms with E-state index in [0.717, 1.165) is 16.7 Å². The Morgan fingerprint density at radius 3 is 2.78 bits per heavy atom. The fourth-order valence-corrected chi connectivity index (χ4v) is 1.92. The van der Waals surface area contributed by atoms with Gasteiger partial charge in [0, 0.05) is 11.8 Å². The molecular weight excluding hydrogens is 231 g/mol. The van der Waals surface area contributed by atoms with E-state index >= 15 is 0 Å². The lowest BCUT2D eigenvalue weighted by Crippen LogP contribution is -2.15. The zero-order valence-corrected chi connectivity index (χ0v) is 10.4. The maximum absolute atomic E-state index is 13.3. The van der Waals surface area contributed by atoms with Crippen LogP contribution in [0, 0.1) is 12.7 Å². The Labute approximate surface area is 105 Å². The number of aromatic nitrogens is 1. The highest BCUT2D eigenvalue weighted by atomic mass is 19.1. The molecule has 1 heterocycles. The van der Waals surface area contributed by atoms with Crippen molar-refractivity contribution in [2.24, 2.45) is 5.73 Å². The Balaban J connectivity index is 2.47. The molecule has 0 saturated heterocycles. The van der Waals surface area contributed by atoms with Crippen LogP contribution in [0.1, 0.15) is 22.7 Å². The summed E-state index contributed by atoms with van der Waals surface area (Å²) in [5, 5.41) is 0. The number of benzene rings is 1. The van der Waals surface area contributed by atoms with Gasteiger partial charge in [0.25, 0.3) is 0 Å². The molecule has 2 N–H and O–H groups in total. The molecule has 0 aliphatic rings. The second-order valence-electron chi connectivity index (χ2n) is 4.08. The van der Waals surface area contributed by atoms with Crippen LogP contribution in [0.15, 0.2) is 36.5 Å². The van der Waals surface area contributed by atoms with Crippen molar-refractivity contribution in [3.8, 4) is 5.88 Å². The Hall–Kier alpha value is -1.94. The maximum atomic E-state index is 13.3. The molecule has 1 aromatic heterocycles. The first-order valence-corrected chi connectivity index (χ1v) is 5.64. The number of nitrogens with two attached hydrogens (primary N) is 1. The second kappa shape index (κ2) is 5.14. The number of ether oxygens (including phenoxy) is 1. The first-order valence-electron chi connectivity index (χ1n) is 5.64. The van der Waals surface area contributed by atoms with Crippen LogP contribution in [-0.4, -0.2) is 12.1 Å². The van der Waals surface area contributed by atoms with Crippen molar-refractivity contribution in [3.05, 3.63) is 59.0 Å². The number of pyridine rings is 1. The van der Waals surface area contributed by atoms with E-state index in [9.17, 15) is 4.39 Å². The first-order chi connectivity index (χ1) is 8.63. The maximum Gasteiger partial charge on any atom is 0.218 e. The van der Waals surface area contributed by atoms with Gasteiger partial charge in [-0.25, -0.2) is 9.37 Å². The molecule has 0 aliphatic carbocycles. The van der Waals surface area contributed by atoms with Crippen LogP contribution in [-0.2, 0) is 0 Å². The molecule has 0 saturated carbocycles. The van der Waals surface area contributed by atoms with Gasteiger partial charge in [-0.3, -0.25) is 0 Å². The van der Waals surface area contributed by atoms with Gasteiger partial charge in [0.1, 0.15) is 5.82 Å². The van der Waals surface area contributed by atoms with E-state index in [1.165, 1.54) is 19.2 Å². The fourth-order valence-electron chi connectivity index (χ4n) is 1.92. The van der Waals surface area contributed by atoms with Gasteiger partial charge in [-0.1, -0.05) is 12.1 Å². The normalized spacial score (nSPS) is 12.2. The van der Waals surface area contributed by atoms with Crippen LogP contribution in [0.4, 0.5) is 4.39 Å². The molecular formula is C14H15FN2O. The zero-order chi connectivity index (χ0) is 13.1. The van der Waals surface area contributed by atoms with Crippen LogP contribution in [0.2, 0.25) is 0 Å². The van der Waals surface area contributed by atoms with Gasteiger partial charge >= 0.3 is 0 Å². The molecule has 0 spiro atoms. The van der Waals surface area contributed by atoms with E-state index in [1.807, 2.05) is 13.0 Å². The molecule has 0 fully saturated rings. The summed E-state index contributed by atoms with van der Waals surface area (Å²) in [7, 11) is 1.54. The standard InChI is InChI=1S/C14H15FN2O/c1-9-5-6-10(15)8-12(9)13(16)11-4-3-7-17-14(11)18-2/h3-8,13H,16H2,1-2H3. The van der Waals surface area contributed by atoms with E-state index in [0.29, 0.717) is 5.88 Å². The van der Waals surface area contributed by atoms with Gasteiger partial charge < -0.3 is 10.5 Å². The predicted molar refractivity (Wildman–Crippen MR) is 68.0 cm³/mol. The van der Waals surface area contributed by atoms with Crippen LogP contribution in [0.3, 0.4) is 0 Å². The van der Waals surface area contributed by atoms with Crippen LogP contribution >= 0.6 is 0 Å². The number of nitrogens with zero attached hydrogens (tertiary/aromatic N) is 1. The van der Waals surface area contributed by atoms with Crippen molar-refractivity contribution in [3.63, 3.8) is 0 Å². The third kappa shape index (κ3) is 2.33. The predicted octanol–water partition coefficient (Wildman–Crippen LogP) is 2.59. The van der Waals surface area contributed by atoms with Crippen molar-refractivity contribution < 1.29 is 9.13 Å². The van der Waals surface area contributed by atoms with E-state index in [1.54, 1.807) is 18.3 Å². The molecule has 1 atom stereocenters. The third-order valence-electron chi connectivity index (χ3n) is 2.91. The summed E-state index contributed by atoms with van der Waals surface area (Å²) < 4.78 is 18.5. The molecule has 0 aliphatic heterocycles. The molecule has 2 rings (SSSR count). The quantitative estimate of drug-likeness (QED) is 0.905. The van der Waals surface area contributed by atoms with Gasteiger partial charge in [-0.2, -0.15) is 0 Å². The van der Waals surface area contributed by atoms with Crippen molar-refractivity contribution in [2.75, 3.05) is 7.11 Å². The van der Waals surface area contributed by atoms with Crippen LogP contribution < -0.4 is 10.5 Å². The minimum Gasteiger partial charge on any atom is -0.481 e. The molecule has 1 aromatic carbocycles. The molecule has 0 bridgehead atoms. The third-order valence-corrected chi connectivity index (χ3v) is 2.91. The average molecular weight is 246 g/mol. The van der Waals surface area contributed by atoms with Crippen molar-refractivity contribution >= 4 is 0 Å². The van der Waals surface area contributed by atoms with Crippen molar-refractivity contribution in [1.29, 1.82) is 0 Å². The summed E-state index contributed by atoms with van der Waals surface area (Å²) in [6.07, 6.45) is 1.63. The molecule has 3 nitrogen and oxygen atoms in total. The number of hydrogen-bond donors (Lipinski definition) is 1. The van der Waals surface area contributed by atoms with Crippen molar-refractivity contribution in [2.45, 2.75) is 13.0 Å². The summed E-state index contributed by atoms with van der Waals surface area (Å²) in [5.41, 5.74) is 8.60. The minimum absolute atomic E-state index is 0.297. The zero-order valence-electron chi connectivity index (χ0n) is 10.4. The lowest BCUT2D eigenvalue weighted by atomic mass is 9.96. The molecule has 0 radical (unpaired) electrons.